The minimum absolute atomic E-state index is 0.644. The van der Waals surface area contributed by atoms with Gasteiger partial charge in [0.15, 0.2) is 0 Å². The summed E-state index contributed by atoms with van der Waals surface area (Å²) in [6.45, 7) is 11.8. The molecule has 164 valence electrons. The van der Waals surface area contributed by atoms with Crippen molar-refractivity contribution in [2.75, 3.05) is 32.7 Å². The Kier molecular flexibility index (Phi) is 9.82. The summed E-state index contributed by atoms with van der Waals surface area (Å²) in [5, 5.41) is 0. The van der Waals surface area contributed by atoms with Crippen molar-refractivity contribution in [2.45, 2.75) is 38.6 Å². The van der Waals surface area contributed by atoms with Crippen LogP contribution in [0.15, 0.2) is 97.1 Å². The topological polar surface area (TPSA) is 6.48 Å². The molecule has 0 aliphatic carbocycles. The van der Waals surface area contributed by atoms with E-state index < -0.39 is 0 Å². The second-order valence-electron chi connectivity index (χ2n) is 8.49. The number of hydrogen-bond donors (Lipinski definition) is 0. The molecule has 2 heteroatoms. The summed E-state index contributed by atoms with van der Waals surface area (Å²) in [4.78, 5) is 5.33. The van der Waals surface area contributed by atoms with Gasteiger partial charge in [0.1, 0.15) is 0 Å². The lowest BCUT2D eigenvalue weighted by Gasteiger charge is -2.39. The van der Waals surface area contributed by atoms with Gasteiger partial charge in [-0.05, 0) is 62.4 Å². The molecule has 2 aromatic carbocycles. The van der Waals surface area contributed by atoms with Crippen LogP contribution in [0.2, 0.25) is 0 Å². The lowest BCUT2D eigenvalue weighted by atomic mass is 10.0. The van der Waals surface area contributed by atoms with E-state index in [4.69, 9.17) is 0 Å². The molecule has 2 nitrogen and oxygen atoms in total. The Morgan fingerprint density at radius 2 is 1.58 bits per heavy atom. The molecule has 0 spiro atoms. The highest BCUT2D eigenvalue weighted by Crippen LogP contribution is 2.19. The monoisotopic (exact) mass is 414 g/mol. The van der Waals surface area contributed by atoms with Crippen molar-refractivity contribution in [3.8, 4) is 0 Å². The number of likely N-dealkylation sites (tertiary alicyclic amines) is 1. The highest BCUT2D eigenvalue weighted by molar-refractivity contribution is 5.24. The molecule has 0 aromatic heterocycles. The molecule has 0 bridgehead atoms. The molecular weight excluding hydrogens is 376 g/mol. The van der Waals surface area contributed by atoms with Crippen molar-refractivity contribution < 1.29 is 0 Å². The molecule has 0 amide bonds. The predicted molar refractivity (Wildman–Crippen MR) is 134 cm³/mol. The van der Waals surface area contributed by atoms with Crippen LogP contribution in [-0.4, -0.2) is 48.6 Å². The van der Waals surface area contributed by atoms with Gasteiger partial charge in [0.2, 0.25) is 0 Å². The Morgan fingerprint density at radius 1 is 0.968 bits per heavy atom. The van der Waals surface area contributed by atoms with E-state index in [2.05, 4.69) is 102 Å². The summed E-state index contributed by atoms with van der Waals surface area (Å²) in [5.74, 6) is 0. The van der Waals surface area contributed by atoms with Crippen molar-refractivity contribution in [3.05, 3.63) is 108 Å². The van der Waals surface area contributed by atoms with Gasteiger partial charge in [0.05, 0.1) is 0 Å². The maximum Gasteiger partial charge on any atom is 0.0236 e. The van der Waals surface area contributed by atoms with Crippen LogP contribution in [-0.2, 0) is 12.8 Å². The van der Waals surface area contributed by atoms with Crippen molar-refractivity contribution in [3.63, 3.8) is 0 Å². The van der Waals surface area contributed by atoms with E-state index in [0.29, 0.717) is 6.04 Å². The van der Waals surface area contributed by atoms with E-state index in [1.165, 1.54) is 49.2 Å². The molecule has 1 aliphatic heterocycles. The Hall–Kier alpha value is -2.42. The van der Waals surface area contributed by atoms with Gasteiger partial charge in [-0.25, -0.2) is 0 Å². The average molecular weight is 415 g/mol. The van der Waals surface area contributed by atoms with Gasteiger partial charge in [-0.3, -0.25) is 4.90 Å². The zero-order valence-electron chi connectivity index (χ0n) is 19.1. The molecule has 1 saturated heterocycles. The SMILES string of the molecule is C=CC(=CC=CC)CN(CCc1ccccc1)C1CCN(CCc2ccccc2)CC1. The molecular formula is C29H38N2. The first-order valence-corrected chi connectivity index (χ1v) is 11.8. The van der Waals surface area contributed by atoms with E-state index in [1.807, 2.05) is 6.08 Å². The molecule has 1 aliphatic rings. The largest absolute Gasteiger partial charge is 0.303 e. The molecule has 0 N–H and O–H groups in total. The van der Waals surface area contributed by atoms with Crippen molar-refractivity contribution >= 4 is 0 Å². The molecule has 0 unspecified atom stereocenters. The Bertz CT molecular complexity index is 814. The summed E-state index contributed by atoms with van der Waals surface area (Å²) in [6.07, 6.45) is 13.2. The van der Waals surface area contributed by atoms with Gasteiger partial charge in [0, 0.05) is 25.7 Å². The Labute approximate surface area is 189 Å². The number of hydrogen-bond acceptors (Lipinski definition) is 2. The van der Waals surface area contributed by atoms with Crippen LogP contribution >= 0.6 is 0 Å². The molecule has 0 radical (unpaired) electrons. The quantitative estimate of drug-likeness (QED) is 0.421. The summed E-state index contributed by atoms with van der Waals surface area (Å²) >= 11 is 0. The second kappa shape index (κ2) is 13.1. The lowest BCUT2D eigenvalue weighted by molar-refractivity contribution is 0.117. The van der Waals surface area contributed by atoms with Gasteiger partial charge in [-0.1, -0.05) is 91.5 Å². The van der Waals surface area contributed by atoms with E-state index in [-0.39, 0.29) is 0 Å². The third kappa shape index (κ3) is 7.97. The molecule has 0 saturated carbocycles. The zero-order valence-corrected chi connectivity index (χ0v) is 19.1. The van der Waals surface area contributed by atoms with Crippen molar-refractivity contribution in [1.82, 2.24) is 9.80 Å². The first-order valence-electron chi connectivity index (χ1n) is 11.8. The number of rotatable bonds is 11. The fraction of sp³-hybridized carbons (Fsp3) is 0.379. The fourth-order valence-electron chi connectivity index (χ4n) is 4.39. The predicted octanol–water partition coefficient (Wildman–Crippen LogP) is 5.93. The van der Waals surface area contributed by atoms with Gasteiger partial charge in [0.25, 0.3) is 0 Å². The van der Waals surface area contributed by atoms with Crippen LogP contribution in [0.5, 0.6) is 0 Å². The van der Waals surface area contributed by atoms with Crippen LogP contribution in [0, 0.1) is 0 Å². The Balaban J connectivity index is 1.57. The average Bonchev–Trinajstić information content (AvgIpc) is 2.84. The lowest BCUT2D eigenvalue weighted by Crippen LogP contribution is -2.46. The first-order chi connectivity index (χ1) is 15.3. The standard InChI is InChI=1S/C29H38N2/c1-3-5-12-26(4-2)25-31(24-18-28-15-10-7-11-16-28)29-19-22-30(23-20-29)21-17-27-13-8-6-9-14-27/h3-16,29H,2,17-25H2,1H3. The highest BCUT2D eigenvalue weighted by Gasteiger charge is 2.24. The van der Waals surface area contributed by atoms with Gasteiger partial charge in [-0.2, -0.15) is 0 Å². The number of piperidine rings is 1. The minimum atomic E-state index is 0.644. The van der Waals surface area contributed by atoms with Gasteiger partial charge >= 0.3 is 0 Å². The molecule has 0 atom stereocenters. The van der Waals surface area contributed by atoms with Crippen LogP contribution < -0.4 is 0 Å². The third-order valence-electron chi connectivity index (χ3n) is 6.31. The Morgan fingerprint density at radius 3 is 2.16 bits per heavy atom. The molecule has 3 rings (SSSR count). The molecule has 1 fully saturated rings. The van der Waals surface area contributed by atoms with Gasteiger partial charge < -0.3 is 4.90 Å². The number of allylic oxidation sites excluding steroid dienone is 3. The summed E-state index contributed by atoms with van der Waals surface area (Å²) in [7, 11) is 0. The smallest absolute Gasteiger partial charge is 0.0236 e. The van der Waals surface area contributed by atoms with Crippen molar-refractivity contribution in [1.29, 1.82) is 0 Å². The van der Waals surface area contributed by atoms with E-state index in [9.17, 15) is 0 Å². The highest BCUT2D eigenvalue weighted by atomic mass is 15.2. The number of nitrogens with zero attached hydrogens (tertiary/aromatic N) is 2. The molecule has 31 heavy (non-hydrogen) atoms. The second-order valence-corrected chi connectivity index (χ2v) is 8.49. The normalized spacial score (nSPS) is 16.3. The first kappa shape index (κ1) is 23.2. The maximum atomic E-state index is 4.06. The van der Waals surface area contributed by atoms with Crippen LogP contribution in [0.1, 0.15) is 30.9 Å². The molecule has 2 aromatic rings. The van der Waals surface area contributed by atoms with Crippen LogP contribution in [0.4, 0.5) is 0 Å². The number of benzene rings is 2. The van der Waals surface area contributed by atoms with E-state index in [0.717, 1.165) is 25.9 Å². The van der Waals surface area contributed by atoms with Crippen LogP contribution in [0.25, 0.3) is 0 Å². The van der Waals surface area contributed by atoms with Crippen LogP contribution in [0.3, 0.4) is 0 Å². The summed E-state index contributed by atoms with van der Waals surface area (Å²) in [5.41, 5.74) is 4.17. The fourth-order valence-corrected chi connectivity index (χ4v) is 4.39. The summed E-state index contributed by atoms with van der Waals surface area (Å²) < 4.78 is 0. The maximum absolute atomic E-state index is 4.06. The summed E-state index contributed by atoms with van der Waals surface area (Å²) in [6, 6.07) is 22.4. The van der Waals surface area contributed by atoms with Crippen molar-refractivity contribution in [2.24, 2.45) is 0 Å². The minimum Gasteiger partial charge on any atom is -0.303 e. The molecule has 1 heterocycles. The third-order valence-corrected chi connectivity index (χ3v) is 6.31. The van der Waals surface area contributed by atoms with Gasteiger partial charge in [-0.15, -0.1) is 0 Å². The van der Waals surface area contributed by atoms with E-state index in [1.54, 1.807) is 0 Å². The van der Waals surface area contributed by atoms with E-state index >= 15 is 0 Å². The zero-order chi connectivity index (χ0) is 21.7.